The SMILES string of the molecule is CC(=Cc1ccccc1)CN1CC(Sc2nccc(C)n2)CC1C(=O)N1CCN(c2ccccc2F)CC1. The highest BCUT2D eigenvalue weighted by Crippen LogP contribution is 2.33. The minimum atomic E-state index is -0.215. The van der Waals surface area contributed by atoms with E-state index in [2.05, 4.69) is 40.0 Å². The number of carbonyl (C=O) groups excluding carboxylic acids is 1. The van der Waals surface area contributed by atoms with Gasteiger partial charge in [0.15, 0.2) is 5.16 Å². The van der Waals surface area contributed by atoms with Crippen molar-refractivity contribution in [1.29, 1.82) is 0 Å². The molecule has 5 rings (SSSR count). The van der Waals surface area contributed by atoms with Gasteiger partial charge in [0.25, 0.3) is 0 Å². The topological polar surface area (TPSA) is 52.6 Å². The van der Waals surface area contributed by atoms with Crippen molar-refractivity contribution in [3.8, 4) is 0 Å². The molecule has 38 heavy (non-hydrogen) atoms. The number of carbonyl (C=O) groups is 1. The van der Waals surface area contributed by atoms with E-state index in [1.165, 1.54) is 11.6 Å². The van der Waals surface area contributed by atoms with Crippen LogP contribution < -0.4 is 4.90 Å². The molecule has 198 valence electrons. The van der Waals surface area contributed by atoms with E-state index in [1.807, 2.05) is 53.1 Å². The van der Waals surface area contributed by atoms with E-state index in [4.69, 9.17) is 0 Å². The third-order valence-electron chi connectivity index (χ3n) is 7.14. The Kier molecular flexibility index (Phi) is 8.39. The number of benzene rings is 2. The van der Waals surface area contributed by atoms with E-state index in [0.717, 1.165) is 35.9 Å². The quantitative estimate of drug-likeness (QED) is 0.404. The summed E-state index contributed by atoms with van der Waals surface area (Å²) in [4.78, 5) is 29.2. The van der Waals surface area contributed by atoms with Gasteiger partial charge >= 0.3 is 0 Å². The lowest BCUT2D eigenvalue weighted by Gasteiger charge is -2.38. The van der Waals surface area contributed by atoms with Gasteiger partial charge in [0.2, 0.25) is 5.91 Å². The summed E-state index contributed by atoms with van der Waals surface area (Å²) in [7, 11) is 0. The molecule has 1 aromatic heterocycles. The minimum Gasteiger partial charge on any atom is -0.366 e. The molecule has 2 aliphatic rings. The lowest BCUT2D eigenvalue weighted by Crippen LogP contribution is -2.54. The number of aromatic nitrogens is 2. The average molecular weight is 532 g/mol. The molecule has 2 aliphatic heterocycles. The number of para-hydroxylation sites is 1. The van der Waals surface area contributed by atoms with E-state index in [0.29, 0.717) is 31.9 Å². The molecule has 0 bridgehead atoms. The number of hydrogen-bond donors (Lipinski definition) is 0. The van der Waals surface area contributed by atoms with Crippen LogP contribution >= 0.6 is 11.8 Å². The van der Waals surface area contributed by atoms with Crippen molar-refractivity contribution in [2.45, 2.75) is 36.7 Å². The molecular formula is C30H34FN5OS. The zero-order valence-corrected chi connectivity index (χ0v) is 22.8. The summed E-state index contributed by atoms with van der Waals surface area (Å²) >= 11 is 1.66. The summed E-state index contributed by atoms with van der Waals surface area (Å²) in [5, 5.41) is 0.994. The summed E-state index contributed by atoms with van der Waals surface area (Å²) in [6.45, 7) is 8.07. The van der Waals surface area contributed by atoms with Crippen molar-refractivity contribution in [1.82, 2.24) is 19.8 Å². The van der Waals surface area contributed by atoms with Gasteiger partial charge in [-0.25, -0.2) is 14.4 Å². The zero-order chi connectivity index (χ0) is 26.5. The molecule has 3 heterocycles. The Morgan fingerprint density at radius 3 is 2.53 bits per heavy atom. The fourth-order valence-electron chi connectivity index (χ4n) is 5.30. The monoisotopic (exact) mass is 531 g/mol. The molecule has 0 spiro atoms. The van der Waals surface area contributed by atoms with Gasteiger partial charge in [-0.15, -0.1) is 0 Å². The van der Waals surface area contributed by atoms with Crippen LogP contribution in [0, 0.1) is 12.7 Å². The first kappa shape index (κ1) is 26.4. The molecule has 2 aromatic carbocycles. The van der Waals surface area contributed by atoms with Crippen LogP contribution in [0.1, 0.15) is 24.6 Å². The summed E-state index contributed by atoms with van der Waals surface area (Å²) in [6.07, 6.45) is 4.74. The molecule has 0 radical (unpaired) electrons. The van der Waals surface area contributed by atoms with Gasteiger partial charge in [0.05, 0.1) is 11.7 Å². The fourth-order valence-corrected chi connectivity index (χ4v) is 6.46. The van der Waals surface area contributed by atoms with E-state index >= 15 is 0 Å². The molecule has 2 unspecified atom stereocenters. The van der Waals surface area contributed by atoms with Crippen LogP contribution in [0.2, 0.25) is 0 Å². The molecule has 0 saturated carbocycles. The van der Waals surface area contributed by atoms with Crippen LogP contribution in [-0.2, 0) is 4.79 Å². The van der Waals surface area contributed by atoms with E-state index in [1.54, 1.807) is 24.0 Å². The molecule has 3 aromatic rings. The first-order chi connectivity index (χ1) is 18.5. The number of amides is 1. The van der Waals surface area contributed by atoms with E-state index in [-0.39, 0.29) is 23.0 Å². The number of aryl methyl sites for hydroxylation is 1. The highest BCUT2D eigenvalue weighted by Gasteiger charge is 2.40. The summed E-state index contributed by atoms with van der Waals surface area (Å²) < 4.78 is 14.3. The smallest absolute Gasteiger partial charge is 0.240 e. The summed E-state index contributed by atoms with van der Waals surface area (Å²) in [6, 6.07) is 18.8. The highest BCUT2D eigenvalue weighted by molar-refractivity contribution is 7.99. The predicted molar refractivity (Wildman–Crippen MR) is 152 cm³/mol. The Balaban J connectivity index is 1.28. The van der Waals surface area contributed by atoms with Crippen molar-refractivity contribution in [3.05, 3.63) is 89.5 Å². The molecule has 0 aliphatic carbocycles. The molecule has 6 nitrogen and oxygen atoms in total. The second-order valence-electron chi connectivity index (χ2n) is 10.1. The van der Waals surface area contributed by atoms with Gasteiger partial charge in [-0.05, 0) is 44.0 Å². The van der Waals surface area contributed by atoms with Crippen LogP contribution in [0.4, 0.5) is 10.1 Å². The van der Waals surface area contributed by atoms with Gasteiger partial charge in [0.1, 0.15) is 5.82 Å². The number of nitrogens with zero attached hydrogens (tertiary/aromatic N) is 5. The van der Waals surface area contributed by atoms with Crippen LogP contribution in [0.3, 0.4) is 0 Å². The maximum Gasteiger partial charge on any atom is 0.240 e. The third-order valence-corrected chi connectivity index (χ3v) is 8.23. The number of piperazine rings is 1. The first-order valence-electron chi connectivity index (χ1n) is 13.2. The Labute approximate surface area is 228 Å². The molecular weight excluding hydrogens is 497 g/mol. The van der Waals surface area contributed by atoms with Gasteiger partial charge in [-0.2, -0.15) is 0 Å². The van der Waals surface area contributed by atoms with Gasteiger partial charge in [0, 0.05) is 56.4 Å². The van der Waals surface area contributed by atoms with Crippen molar-refractivity contribution in [2.24, 2.45) is 0 Å². The van der Waals surface area contributed by atoms with Crippen LogP contribution in [-0.4, -0.2) is 76.2 Å². The lowest BCUT2D eigenvalue weighted by atomic mass is 10.1. The summed E-state index contributed by atoms with van der Waals surface area (Å²) in [5.41, 5.74) is 3.93. The second-order valence-corrected chi connectivity index (χ2v) is 11.3. The largest absolute Gasteiger partial charge is 0.366 e. The maximum atomic E-state index is 14.3. The van der Waals surface area contributed by atoms with Gasteiger partial charge < -0.3 is 9.80 Å². The van der Waals surface area contributed by atoms with Crippen LogP contribution in [0.5, 0.6) is 0 Å². The maximum absolute atomic E-state index is 14.3. The zero-order valence-electron chi connectivity index (χ0n) is 22.0. The van der Waals surface area contributed by atoms with Crippen molar-refractivity contribution in [2.75, 3.05) is 44.2 Å². The Bertz CT molecular complexity index is 1280. The summed E-state index contributed by atoms with van der Waals surface area (Å²) in [5.74, 6) is -0.0490. The Morgan fingerprint density at radius 1 is 1.05 bits per heavy atom. The number of likely N-dealkylation sites (tertiary alicyclic amines) is 1. The minimum absolute atomic E-state index is 0.166. The van der Waals surface area contributed by atoms with Gasteiger partial charge in [-0.1, -0.05) is 65.9 Å². The highest BCUT2D eigenvalue weighted by atomic mass is 32.2. The number of thioether (sulfide) groups is 1. The molecule has 2 atom stereocenters. The fraction of sp³-hybridized carbons (Fsp3) is 0.367. The van der Waals surface area contributed by atoms with E-state index < -0.39 is 0 Å². The van der Waals surface area contributed by atoms with Crippen LogP contribution in [0.15, 0.2) is 77.6 Å². The normalized spacial score (nSPS) is 20.7. The Hall–Kier alpha value is -3.23. The second kappa shape index (κ2) is 12.1. The standard InChI is InChI=1S/C30H34FN5OS/c1-22(18-24-8-4-3-5-9-24)20-36-21-25(38-30-32-13-12-23(2)33-30)19-28(36)29(37)35-16-14-34(15-17-35)27-11-7-6-10-26(27)31/h3-13,18,25,28H,14-17,19-21H2,1-2H3. The van der Waals surface area contributed by atoms with Crippen molar-refractivity contribution >= 4 is 29.4 Å². The molecule has 0 N–H and O–H groups in total. The van der Waals surface area contributed by atoms with E-state index in [9.17, 15) is 9.18 Å². The molecule has 2 fully saturated rings. The third kappa shape index (κ3) is 6.42. The molecule has 2 saturated heterocycles. The van der Waals surface area contributed by atoms with Crippen molar-refractivity contribution < 1.29 is 9.18 Å². The molecule has 1 amide bonds. The number of rotatable bonds is 7. The molecule has 8 heteroatoms. The van der Waals surface area contributed by atoms with Crippen molar-refractivity contribution in [3.63, 3.8) is 0 Å². The van der Waals surface area contributed by atoms with Crippen LogP contribution in [0.25, 0.3) is 6.08 Å². The average Bonchev–Trinajstić information content (AvgIpc) is 3.30. The number of halogens is 1. The van der Waals surface area contributed by atoms with Gasteiger partial charge in [-0.3, -0.25) is 9.69 Å². The Morgan fingerprint density at radius 2 is 1.79 bits per heavy atom. The number of anilines is 1. The lowest BCUT2D eigenvalue weighted by molar-refractivity contribution is -0.136. The first-order valence-corrected chi connectivity index (χ1v) is 14.0. The number of hydrogen-bond acceptors (Lipinski definition) is 6. The predicted octanol–water partition coefficient (Wildman–Crippen LogP) is 4.91.